The van der Waals surface area contributed by atoms with Crippen LogP contribution in [0, 0.1) is 27.4 Å². The Morgan fingerprint density at radius 2 is 1.78 bits per heavy atom. The van der Waals surface area contributed by atoms with Crippen molar-refractivity contribution in [3.63, 3.8) is 0 Å². The number of rotatable bonds is 3. The van der Waals surface area contributed by atoms with Crippen LogP contribution in [0.5, 0.6) is 5.75 Å². The maximum Gasteiger partial charge on any atom is 0.317 e. The lowest BCUT2D eigenvalue weighted by Crippen LogP contribution is -2.56. The minimum Gasteiger partial charge on any atom is -0.426 e. The smallest absolute Gasteiger partial charge is 0.317 e. The molecule has 1 aromatic rings. The molecule has 4 aliphatic carbocycles. The summed E-state index contributed by atoms with van der Waals surface area (Å²) in [6.45, 7) is 0. The average Bonchev–Trinajstić information content (AvgIpc) is 2.45. The van der Waals surface area contributed by atoms with Gasteiger partial charge >= 0.3 is 5.97 Å². The quantitative estimate of drug-likeness (QED) is 0.259. The summed E-state index contributed by atoms with van der Waals surface area (Å²) in [6, 6.07) is 5.74. The minimum absolute atomic E-state index is 0.000912. The number of benzene rings is 1. The van der Waals surface area contributed by atoms with Crippen molar-refractivity contribution >= 4 is 27.6 Å². The molecule has 4 saturated carbocycles. The zero-order valence-electron chi connectivity index (χ0n) is 12.7. The van der Waals surface area contributed by atoms with Crippen LogP contribution in [0.2, 0.25) is 0 Å². The highest BCUT2D eigenvalue weighted by Gasteiger charge is 2.60. The van der Waals surface area contributed by atoms with Gasteiger partial charge in [-0.2, -0.15) is 0 Å². The summed E-state index contributed by atoms with van der Waals surface area (Å²) in [5.74, 6) is 1.45. The maximum absolute atomic E-state index is 12.9. The Balaban J connectivity index is 1.54. The van der Waals surface area contributed by atoms with Gasteiger partial charge < -0.3 is 4.74 Å². The number of nitrogens with zero attached hydrogens (tertiary/aromatic N) is 1. The molecule has 122 valence electrons. The van der Waals surface area contributed by atoms with Crippen molar-refractivity contribution in [2.45, 2.75) is 42.8 Å². The molecule has 6 heteroatoms. The molecule has 0 amide bonds. The van der Waals surface area contributed by atoms with E-state index < -0.39 is 4.92 Å². The standard InChI is InChI=1S/C17H18BrNO4/c18-17-8-11-5-12(9-17)7-16(6-11,10-17)15(20)23-14-3-1-13(2-4-14)19(21)22/h1-4,11-12H,5-10H2/t11-,12+,16?,17?. The van der Waals surface area contributed by atoms with Crippen LogP contribution in [0.4, 0.5) is 5.69 Å². The van der Waals surface area contributed by atoms with Crippen LogP contribution in [0.25, 0.3) is 0 Å². The summed E-state index contributed by atoms with van der Waals surface area (Å²) in [4.78, 5) is 23.1. The molecular formula is C17H18BrNO4. The lowest BCUT2D eigenvalue weighted by atomic mass is 9.49. The second-order valence-corrected chi connectivity index (χ2v) is 9.21. The molecular weight excluding hydrogens is 362 g/mol. The maximum atomic E-state index is 12.9. The molecule has 0 saturated heterocycles. The molecule has 4 fully saturated rings. The normalized spacial score (nSPS) is 37.6. The number of alkyl halides is 1. The third-order valence-corrected chi connectivity index (χ3v) is 6.61. The van der Waals surface area contributed by atoms with E-state index in [9.17, 15) is 14.9 Å². The summed E-state index contributed by atoms with van der Waals surface area (Å²) in [5, 5.41) is 10.7. The van der Waals surface area contributed by atoms with Gasteiger partial charge in [-0.25, -0.2) is 0 Å². The second-order valence-electron chi connectivity index (χ2n) is 7.53. The van der Waals surface area contributed by atoms with E-state index in [1.54, 1.807) is 0 Å². The molecule has 0 spiro atoms. The van der Waals surface area contributed by atoms with E-state index in [-0.39, 0.29) is 21.4 Å². The van der Waals surface area contributed by atoms with Crippen molar-refractivity contribution in [1.29, 1.82) is 0 Å². The van der Waals surface area contributed by atoms with Gasteiger partial charge in [0.15, 0.2) is 0 Å². The van der Waals surface area contributed by atoms with Crippen LogP contribution in [0.15, 0.2) is 24.3 Å². The number of ether oxygens (including phenoxy) is 1. The van der Waals surface area contributed by atoms with Gasteiger partial charge in [0.05, 0.1) is 10.3 Å². The summed E-state index contributed by atoms with van der Waals surface area (Å²) in [6.07, 6.45) is 6.25. The van der Waals surface area contributed by atoms with Gasteiger partial charge in [0.2, 0.25) is 0 Å². The monoisotopic (exact) mass is 379 g/mol. The summed E-state index contributed by atoms with van der Waals surface area (Å²) >= 11 is 3.89. The first-order valence-electron chi connectivity index (χ1n) is 8.03. The number of carbonyl (C=O) groups excluding carboxylic acids is 1. The molecule has 2 unspecified atom stereocenters. The molecule has 0 aliphatic heterocycles. The first kappa shape index (κ1) is 15.1. The van der Waals surface area contributed by atoms with Crippen LogP contribution in [0.3, 0.4) is 0 Å². The first-order chi connectivity index (χ1) is 10.9. The molecule has 0 aromatic heterocycles. The van der Waals surface area contributed by atoms with Crippen molar-refractivity contribution in [2.24, 2.45) is 17.3 Å². The largest absolute Gasteiger partial charge is 0.426 e. The number of esters is 1. The van der Waals surface area contributed by atoms with Crippen LogP contribution in [-0.2, 0) is 4.79 Å². The Kier molecular flexibility index (Phi) is 3.31. The fraction of sp³-hybridized carbons (Fsp3) is 0.588. The van der Waals surface area contributed by atoms with Crippen LogP contribution in [-0.4, -0.2) is 15.2 Å². The lowest BCUT2D eigenvalue weighted by Gasteiger charge is -2.58. The molecule has 4 bridgehead atoms. The molecule has 0 heterocycles. The van der Waals surface area contributed by atoms with Gasteiger partial charge in [0, 0.05) is 16.5 Å². The van der Waals surface area contributed by atoms with Gasteiger partial charge in [0.1, 0.15) is 5.75 Å². The van der Waals surface area contributed by atoms with E-state index in [1.165, 1.54) is 30.7 Å². The van der Waals surface area contributed by atoms with Crippen molar-refractivity contribution in [3.8, 4) is 5.75 Å². The second kappa shape index (κ2) is 5.03. The van der Waals surface area contributed by atoms with Crippen molar-refractivity contribution in [1.82, 2.24) is 0 Å². The number of nitro benzene ring substituents is 1. The predicted molar refractivity (Wildman–Crippen MR) is 87.5 cm³/mol. The number of halogens is 1. The van der Waals surface area contributed by atoms with E-state index in [1.807, 2.05) is 0 Å². The lowest BCUT2D eigenvalue weighted by molar-refractivity contribution is -0.384. The van der Waals surface area contributed by atoms with Gasteiger partial charge in [-0.15, -0.1) is 0 Å². The SMILES string of the molecule is O=C(Oc1ccc([N+](=O)[O-])cc1)C12C[C@@H]3C[C@@H](CC(Br)(C3)C1)C2. The van der Waals surface area contributed by atoms with Gasteiger partial charge in [-0.3, -0.25) is 14.9 Å². The van der Waals surface area contributed by atoms with Crippen molar-refractivity contribution in [3.05, 3.63) is 34.4 Å². The fourth-order valence-electron chi connectivity index (χ4n) is 5.24. The topological polar surface area (TPSA) is 69.4 Å². The summed E-state index contributed by atoms with van der Waals surface area (Å²) < 4.78 is 5.70. The Labute approximate surface area is 142 Å². The van der Waals surface area contributed by atoms with E-state index in [2.05, 4.69) is 15.9 Å². The molecule has 0 radical (unpaired) electrons. The number of hydrogen-bond donors (Lipinski definition) is 0. The van der Waals surface area contributed by atoms with Crippen molar-refractivity contribution in [2.75, 3.05) is 0 Å². The van der Waals surface area contributed by atoms with E-state index in [0.717, 1.165) is 32.1 Å². The predicted octanol–water partition coefficient (Wildman–Crippen LogP) is 4.23. The molecule has 5 nitrogen and oxygen atoms in total. The number of non-ortho nitro benzene ring substituents is 1. The Morgan fingerprint density at radius 1 is 1.17 bits per heavy atom. The van der Waals surface area contributed by atoms with Gasteiger partial charge in [-0.05, 0) is 62.5 Å². The zero-order valence-corrected chi connectivity index (χ0v) is 14.3. The highest BCUT2D eigenvalue weighted by atomic mass is 79.9. The minimum atomic E-state index is -0.459. The Morgan fingerprint density at radius 3 is 2.30 bits per heavy atom. The van der Waals surface area contributed by atoms with Crippen LogP contribution >= 0.6 is 15.9 Å². The van der Waals surface area contributed by atoms with E-state index in [0.29, 0.717) is 17.6 Å². The number of hydrogen-bond acceptors (Lipinski definition) is 4. The highest BCUT2D eigenvalue weighted by Crippen LogP contribution is 2.64. The van der Waals surface area contributed by atoms with Gasteiger partial charge in [-0.1, -0.05) is 15.9 Å². The average molecular weight is 380 g/mol. The molecule has 4 aliphatic rings. The molecule has 4 atom stereocenters. The van der Waals surface area contributed by atoms with Crippen LogP contribution in [0.1, 0.15) is 38.5 Å². The third kappa shape index (κ3) is 2.57. The Bertz CT molecular complexity index is 658. The molecule has 23 heavy (non-hydrogen) atoms. The Hall–Kier alpha value is -1.43. The number of nitro groups is 1. The molecule has 1 aromatic carbocycles. The van der Waals surface area contributed by atoms with Crippen LogP contribution < -0.4 is 4.74 Å². The highest BCUT2D eigenvalue weighted by molar-refractivity contribution is 9.10. The molecule has 0 N–H and O–H groups in total. The number of carbonyl (C=O) groups is 1. The summed E-state index contributed by atoms with van der Waals surface area (Å²) in [7, 11) is 0. The summed E-state index contributed by atoms with van der Waals surface area (Å²) in [5.41, 5.74) is -0.381. The first-order valence-corrected chi connectivity index (χ1v) is 8.83. The van der Waals surface area contributed by atoms with Gasteiger partial charge in [0.25, 0.3) is 5.69 Å². The molecule has 5 rings (SSSR count). The van der Waals surface area contributed by atoms with E-state index in [4.69, 9.17) is 4.74 Å². The third-order valence-electron chi connectivity index (χ3n) is 5.68. The fourth-order valence-corrected chi connectivity index (χ4v) is 6.69. The van der Waals surface area contributed by atoms with Crippen molar-refractivity contribution < 1.29 is 14.5 Å². The zero-order chi connectivity index (χ0) is 16.2. The van der Waals surface area contributed by atoms with E-state index >= 15 is 0 Å².